The number of nitrogens with one attached hydrogen (secondary N) is 1. The third-order valence-corrected chi connectivity index (χ3v) is 3.15. The van der Waals surface area contributed by atoms with Gasteiger partial charge in [-0.25, -0.2) is 4.98 Å². The standard InChI is InChI=1S/C11H11ClN2S/c12-11-8-9(3-5-14-11)13-6-4-10-2-1-7-15-10/h1-3,5,7-8H,4,6H2,(H,13,14). The molecule has 2 aromatic rings. The zero-order chi connectivity index (χ0) is 10.5. The summed E-state index contributed by atoms with van der Waals surface area (Å²) in [5, 5.41) is 5.93. The van der Waals surface area contributed by atoms with Crippen LogP contribution in [0.5, 0.6) is 0 Å². The Bertz CT molecular complexity index is 414. The first kappa shape index (κ1) is 10.5. The van der Waals surface area contributed by atoms with Crippen molar-refractivity contribution in [2.45, 2.75) is 6.42 Å². The van der Waals surface area contributed by atoms with Crippen LogP contribution in [0, 0.1) is 0 Å². The number of anilines is 1. The Kier molecular flexibility index (Phi) is 3.59. The van der Waals surface area contributed by atoms with Crippen LogP contribution in [-0.4, -0.2) is 11.5 Å². The summed E-state index contributed by atoms with van der Waals surface area (Å²) in [6.45, 7) is 0.918. The molecule has 0 fully saturated rings. The number of hydrogen-bond donors (Lipinski definition) is 1. The van der Waals surface area contributed by atoms with Crippen LogP contribution in [0.15, 0.2) is 35.8 Å². The Labute approximate surface area is 97.9 Å². The molecular weight excluding hydrogens is 228 g/mol. The lowest BCUT2D eigenvalue weighted by molar-refractivity contribution is 1.04. The maximum atomic E-state index is 5.77. The SMILES string of the molecule is Clc1cc(NCCc2cccs2)ccn1. The summed E-state index contributed by atoms with van der Waals surface area (Å²) < 4.78 is 0. The normalized spacial score (nSPS) is 10.2. The van der Waals surface area contributed by atoms with E-state index in [1.54, 1.807) is 17.5 Å². The maximum absolute atomic E-state index is 5.77. The number of nitrogens with zero attached hydrogens (tertiary/aromatic N) is 1. The summed E-state index contributed by atoms with van der Waals surface area (Å²) in [5.41, 5.74) is 1.02. The third kappa shape index (κ3) is 3.22. The smallest absolute Gasteiger partial charge is 0.131 e. The van der Waals surface area contributed by atoms with E-state index < -0.39 is 0 Å². The van der Waals surface area contributed by atoms with Gasteiger partial charge in [0, 0.05) is 23.3 Å². The molecule has 2 nitrogen and oxygen atoms in total. The van der Waals surface area contributed by atoms with Crippen LogP contribution in [0.4, 0.5) is 5.69 Å². The van der Waals surface area contributed by atoms with E-state index >= 15 is 0 Å². The highest BCUT2D eigenvalue weighted by Gasteiger charge is 1.95. The number of thiophene rings is 1. The number of pyridine rings is 1. The van der Waals surface area contributed by atoms with Crippen LogP contribution in [0.3, 0.4) is 0 Å². The lowest BCUT2D eigenvalue weighted by Crippen LogP contribution is -2.03. The summed E-state index contributed by atoms with van der Waals surface area (Å²) in [6.07, 6.45) is 2.74. The van der Waals surface area contributed by atoms with Crippen LogP contribution in [0.2, 0.25) is 5.15 Å². The second-order valence-corrected chi connectivity index (χ2v) is 4.54. The summed E-state index contributed by atoms with van der Waals surface area (Å²) in [7, 11) is 0. The first-order valence-electron chi connectivity index (χ1n) is 4.72. The Morgan fingerprint density at radius 3 is 3.07 bits per heavy atom. The van der Waals surface area contributed by atoms with Crippen LogP contribution in [-0.2, 0) is 6.42 Å². The van der Waals surface area contributed by atoms with E-state index in [0.29, 0.717) is 5.15 Å². The van der Waals surface area contributed by atoms with Crippen LogP contribution in [0.25, 0.3) is 0 Å². The van der Waals surface area contributed by atoms with Gasteiger partial charge in [0.1, 0.15) is 5.15 Å². The van der Waals surface area contributed by atoms with Crippen molar-refractivity contribution < 1.29 is 0 Å². The molecule has 2 heterocycles. The van der Waals surface area contributed by atoms with Crippen molar-refractivity contribution in [3.8, 4) is 0 Å². The molecule has 2 aromatic heterocycles. The Hall–Kier alpha value is -1.06. The lowest BCUT2D eigenvalue weighted by Gasteiger charge is -2.04. The molecule has 15 heavy (non-hydrogen) atoms. The summed E-state index contributed by atoms with van der Waals surface area (Å²) in [5.74, 6) is 0. The minimum absolute atomic E-state index is 0.524. The quantitative estimate of drug-likeness (QED) is 0.826. The minimum Gasteiger partial charge on any atom is -0.385 e. The molecule has 0 bridgehead atoms. The van der Waals surface area contributed by atoms with Gasteiger partial charge in [-0.2, -0.15) is 0 Å². The number of rotatable bonds is 4. The number of hydrogen-bond acceptors (Lipinski definition) is 3. The van der Waals surface area contributed by atoms with Gasteiger partial charge in [-0.1, -0.05) is 17.7 Å². The molecule has 0 aromatic carbocycles. The van der Waals surface area contributed by atoms with Gasteiger partial charge in [0.25, 0.3) is 0 Å². The van der Waals surface area contributed by atoms with E-state index in [9.17, 15) is 0 Å². The Morgan fingerprint density at radius 2 is 2.33 bits per heavy atom. The topological polar surface area (TPSA) is 24.9 Å². The molecule has 1 N–H and O–H groups in total. The molecule has 0 atom stereocenters. The molecule has 78 valence electrons. The average Bonchev–Trinajstić information content (AvgIpc) is 2.71. The molecule has 0 saturated heterocycles. The fourth-order valence-electron chi connectivity index (χ4n) is 1.30. The fraction of sp³-hybridized carbons (Fsp3) is 0.182. The average molecular weight is 239 g/mol. The second-order valence-electron chi connectivity index (χ2n) is 3.12. The molecule has 0 unspecified atom stereocenters. The molecule has 0 radical (unpaired) electrons. The summed E-state index contributed by atoms with van der Waals surface area (Å²) in [4.78, 5) is 5.32. The van der Waals surface area contributed by atoms with E-state index in [4.69, 9.17) is 11.6 Å². The van der Waals surface area contributed by atoms with Crippen molar-refractivity contribution in [1.29, 1.82) is 0 Å². The third-order valence-electron chi connectivity index (χ3n) is 2.01. The number of aromatic nitrogens is 1. The first-order valence-corrected chi connectivity index (χ1v) is 5.98. The molecule has 0 aliphatic rings. The monoisotopic (exact) mass is 238 g/mol. The molecule has 0 amide bonds. The van der Waals surface area contributed by atoms with Crippen molar-refractivity contribution in [2.75, 3.05) is 11.9 Å². The van der Waals surface area contributed by atoms with Crippen molar-refractivity contribution in [3.05, 3.63) is 45.9 Å². The fourth-order valence-corrected chi connectivity index (χ4v) is 2.18. The predicted molar refractivity (Wildman–Crippen MR) is 65.8 cm³/mol. The van der Waals surface area contributed by atoms with Gasteiger partial charge in [-0.15, -0.1) is 11.3 Å². The van der Waals surface area contributed by atoms with Gasteiger partial charge < -0.3 is 5.32 Å². The van der Waals surface area contributed by atoms with Gasteiger partial charge in [0.05, 0.1) is 0 Å². The van der Waals surface area contributed by atoms with E-state index in [1.807, 2.05) is 12.1 Å². The maximum Gasteiger partial charge on any atom is 0.131 e. The summed E-state index contributed by atoms with van der Waals surface area (Å²) >= 11 is 7.56. The van der Waals surface area contributed by atoms with Crippen molar-refractivity contribution in [2.24, 2.45) is 0 Å². The molecule has 2 rings (SSSR count). The highest BCUT2D eigenvalue weighted by atomic mass is 35.5. The first-order chi connectivity index (χ1) is 7.34. The van der Waals surface area contributed by atoms with Crippen molar-refractivity contribution >= 4 is 28.6 Å². The molecule has 0 aliphatic heterocycles. The highest BCUT2D eigenvalue weighted by Crippen LogP contribution is 2.13. The van der Waals surface area contributed by atoms with Crippen LogP contribution >= 0.6 is 22.9 Å². The Morgan fingerprint density at radius 1 is 1.40 bits per heavy atom. The van der Waals surface area contributed by atoms with Gasteiger partial charge >= 0.3 is 0 Å². The van der Waals surface area contributed by atoms with Gasteiger partial charge in [0.2, 0.25) is 0 Å². The molecule has 0 saturated carbocycles. The molecule has 0 spiro atoms. The van der Waals surface area contributed by atoms with Crippen molar-refractivity contribution in [1.82, 2.24) is 4.98 Å². The minimum atomic E-state index is 0.524. The van der Waals surface area contributed by atoms with E-state index in [0.717, 1.165) is 18.7 Å². The molecular formula is C11H11ClN2S. The number of halogens is 1. The van der Waals surface area contributed by atoms with Crippen LogP contribution in [0.1, 0.15) is 4.88 Å². The predicted octanol–water partition coefficient (Wildman–Crippen LogP) is 3.45. The summed E-state index contributed by atoms with van der Waals surface area (Å²) in [6, 6.07) is 7.96. The Balaban J connectivity index is 1.83. The largest absolute Gasteiger partial charge is 0.385 e. The van der Waals surface area contributed by atoms with Gasteiger partial charge in [0.15, 0.2) is 0 Å². The van der Waals surface area contributed by atoms with E-state index in [-0.39, 0.29) is 0 Å². The second kappa shape index (κ2) is 5.14. The zero-order valence-electron chi connectivity index (χ0n) is 8.11. The van der Waals surface area contributed by atoms with E-state index in [2.05, 4.69) is 27.8 Å². The van der Waals surface area contributed by atoms with Crippen molar-refractivity contribution in [3.63, 3.8) is 0 Å². The van der Waals surface area contributed by atoms with E-state index in [1.165, 1.54) is 4.88 Å². The lowest BCUT2D eigenvalue weighted by atomic mass is 10.3. The zero-order valence-corrected chi connectivity index (χ0v) is 9.68. The van der Waals surface area contributed by atoms with Crippen LogP contribution < -0.4 is 5.32 Å². The van der Waals surface area contributed by atoms with Gasteiger partial charge in [-0.05, 0) is 30.0 Å². The molecule has 0 aliphatic carbocycles. The molecule has 4 heteroatoms. The van der Waals surface area contributed by atoms with Gasteiger partial charge in [-0.3, -0.25) is 0 Å². The highest BCUT2D eigenvalue weighted by molar-refractivity contribution is 7.09.